The summed E-state index contributed by atoms with van der Waals surface area (Å²) < 4.78 is 4.62. The van der Waals surface area contributed by atoms with Crippen LogP contribution in [0.2, 0.25) is 0 Å². The van der Waals surface area contributed by atoms with Crippen LogP contribution in [0.5, 0.6) is 0 Å². The van der Waals surface area contributed by atoms with Gasteiger partial charge in [0, 0.05) is 0 Å². The number of halogens is 1. The van der Waals surface area contributed by atoms with Crippen molar-refractivity contribution in [3.63, 3.8) is 0 Å². The average molecular weight is 356 g/mol. The summed E-state index contributed by atoms with van der Waals surface area (Å²) in [5.41, 5.74) is 0.861. The lowest BCUT2D eigenvalue weighted by Crippen LogP contribution is -2.12. The highest BCUT2D eigenvalue weighted by Gasteiger charge is 2.33. The van der Waals surface area contributed by atoms with Crippen LogP contribution in [-0.4, -0.2) is 24.8 Å². The molecule has 0 saturated heterocycles. The minimum absolute atomic E-state index is 0.249. The van der Waals surface area contributed by atoms with Gasteiger partial charge in [0.2, 0.25) is 0 Å². The van der Waals surface area contributed by atoms with Crippen molar-refractivity contribution >= 4 is 27.6 Å². The van der Waals surface area contributed by atoms with Gasteiger partial charge in [0.05, 0.1) is 12.8 Å². The number of carbonyl (C=O) groups is 1. The molecule has 0 aliphatic carbocycles. The summed E-state index contributed by atoms with van der Waals surface area (Å²) >= 11 is 3.28. The fourth-order valence-electron chi connectivity index (χ4n) is 2.21. The summed E-state index contributed by atoms with van der Waals surface area (Å²) in [6.07, 6.45) is 17.7. The summed E-state index contributed by atoms with van der Waals surface area (Å²) in [4.78, 5) is 17.1. The van der Waals surface area contributed by atoms with Crippen molar-refractivity contribution in [2.75, 3.05) is 7.11 Å². The molecular weight excluding hydrogens is 330 g/mol. The summed E-state index contributed by atoms with van der Waals surface area (Å²) in [7, 11) is 1.40. The van der Waals surface area contributed by atoms with Crippen LogP contribution in [0.3, 0.4) is 0 Å². The number of nitrogens with zero attached hydrogens (tertiary/aromatic N) is 1. The first-order valence-corrected chi connectivity index (χ1v) is 8.78. The largest absolute Gasteiger partial charge is 0.467 e. The van der Waals surface area contributed by atoms with E-state index in [1.54, 1.807) is 0 Å². The summed E-state index contributed by atoms with van der Waals surface area (Å²) in [5.74, 6) is -0.249. The van der Waals surface area contributed by atoms with Gasteiger partial charge in [-0.25, -0.2) is 4.79 Å². The molecule has 0 aromatic heterocycles. The van der Waals surface area contributed by atoms with E-state index in [9.17, 15) is 4.79 Å². The zero-order valence-electron chi connectivity index (χ0n) is 12.9. The molecule has 0 saturated carbocycles. The minimum atomic E-state index is -0.314. The molecule has 0 N–H and O–H groups in total. The van der Waals surface area contributed by atoms with Crippen LogP contribution in [0.4, 0.5) is 0 Å². The van der Waals surface area contributed by atoms with Gasteiger partial charge in [0.25, 0.3) is 0 Å². The van der Waals surface area contributed by atoms with Crippen molar-refractivity contribution in [2.45, 2.75) is 63.8 Å². The summed E-state index contributed by atoms with van der Waals surface area (Å²) in [6, 6.07) is -0.314. The van der Waals surface area contributed by atoms with E-state index in [1.807, 2.05) is 11.1 Å². The monoisotopic (exact) mass is 355 g/mol. The zero-order chi connectivity index (χ0) is 15.3. The van der Waals surface area contributed by atoms with Gasteiger partial charge >= 0.3 is 5.97 Å². The molecular formula is C17H26BrNO2. The van der Waals surface area contributed by atoms with E-state index < -0.39 is 0 Å². The number of rotatable bonds is 12. The molecule has 0 aromatic rings. The fourth-order valence-corrected chi connectivity index (χ4v) is 2.47. The first-order chi connectivity index (χ1) is 10.3. The van der Waals surface area contributed by atoms with E-state index in [1.165, 1.54) is 58.5 Å². The summed E-state index contributed by atoms with van der Waals surface area (Å²) in [5, 5.41) is 0. The number of hydrogen-bond acceptors (Lipinski definition) is 3. The van der Waals surface area contributed by atoms with Gasteiger partial charge in [-0.05, 0) is 36.7 Å². The fraction of sp³-hybridized carbons (Fsp3) is 0.647. The molecule has 0 fully saturated rings. The minimum Gasteiger partial charge on any atom is -0.467 e. The third-order valence-corrected chi connectivity index (χ3v) is 3.91. The van der Waals surface area contributed by atoms with Gasteiger partial charge in [-0.1, -0.05) is 60.2 Å². The molecule has 0 radical (unpaired) electrons. The van der Waals surface area contributed by atoms with E-state index in [-0.39, 0.29) is 12.0 Å². The molecule has 21 heavy (non-hydrogen) atoms. The van der Waals surface area contributed by atoms with Crippen molar-refractivity contribution in [3.8, 4) is 0 Å². The highest BCUT2D eigenvalue weighted by molar-refractivity contribution is 9.11. The maximum Gasteiger partial charge on any atom is 0.336 e. The lowest BCUT2D eigenvalue weighted by Gasteiger charge is -1.99. The Bertz CT molecular complexity index is 388. The van der Waals surface area contributed by atoms with E-state index in [2.05, 4.69) is 37.8 Å². The number of ether oxygens (including phenoxy) is 1. The first kappa shape index (κ1) is 18.1. The smallest absolute Gasteiger partial charge is 0.336 e. The van der Waals surface area contributed by atoms with E-state index in [4.69, 9.17) is 0 Å². The number of aliphatic imine (C=N–C) groups is 1. The maximum atomic E-state index is 11.1. The van der Waals surface area contributed by atoms with Gasteiger partial charge in [-0.3, -0.25) is 4.99 Å². The third-order valence-electron chi connectivity index (χ3n) is 3.53. The van der Waals surface area contributed by atoms with Crippen LogP contribution >= 0.6 is 15.9 Å². The van der Waals surface area contributed by atoms with Crippen molar-refractivity contribution in [1.29, 1.82) is 0 Å². The van der Waals surface area contributed by atoms with E-state index >= 15 is 0 Å². The average Bonchev–Trinajstić information content (AvgIpc) is 3.27. The number of carbonyl (C=O) groups excluding carboxylic acids is 1. The van der Waals surface area contributed by atoms with Crippen molar-refractivity contribution < 1.29 is 9.53 Å². The van der Waals surface area contributed by atoms with Crippen LogP contribution in [-0.2, 0) is 9.53 Å². The molecule has 1 unspecified atom stereocenters. The number of unbranched alkanes of at least 4 members (excludes halogenated alkanes) is 8. The maximum absolute atomic E-state index is 11.1. The molecule has 0 bridgehead atoms. The molecule has 0 aromatic carbocycles. The molecule has 1 heterocycles. The van der Waals surface area contributed by atoms with Crippen LogP contribution in [0, 0.1) is 0 Å². The lowest BCUT2D eigenvalue weighted by atomic mass is 10.1. The second-order valence-corrected chi connectivity index (χ2v) is 5.82. The highest BCUT2D eigenvalue weighted by Crippen LogP contribution is 2.15. The molecule has 3 nitrogen and oxygen atoms in total. The van der Waals surface area contributed by atoms with Crippen molar-refractivity contribution in [3.05, 3.63) is 23.2 Å². The highest BCUT2D eigenvalue weighted by atomic mass is 79.9. The molecule has 0 spiro atoms. The van der Waals surface area contributed by atoms with Crippen LogP contribution < -0.4 is 0 Å². The van der Waals surface area contributed by atoms with Crippen LogP contribution in [0.25, 0.3) is 0 Å². The number of esters is 1. The molecule has 4 heteroatoms. The normalized spacial score (nSPS) is 17.4. The Balaban J connectivity index is 1.83. The van der Waals surface area contributed by atoms with E-state index in [0.29, 0.717) is 0 Å². The van der Waals surface area contributed by atoms with Crippen molar-refractivity contribution in [1.82, 2.24) is 0 Å². The standard InChI is InChI=1S/C17H26BrNO2/c1-21-17(20)16-15(19-16)13-11-9-7-5-3-2-4-6-8-10-12-14-18/h11-14,16H,2-10H2,1H3. The third kappa shape index (κ3) is 8.86. The van der Waals surface area contributed by atoms with Crippen LogP contribution in [0.1, 0.15) is 57.8 Å². The predicted octanol–water partition coefficient (Wildman–Crippen LogP) is 4.96. The van der Waals surface area contributed by atoms with Gasteiger partial charge in [0.15, 0.2) is 6.04 Å². The number of allylic oxidation sites excluding steroid dienone is 2. The molecule has 1 rings (SSSR count). The topological polar surface area (TPSA) is 38.7 Å². The molecule has 1 atom stereocenters. The Hall–Kier alpha value is -0.900. The Labute approximate surface area is 136 Å². The second kappa shape index (κ2) is 11.7. The molecule has 118 valence electrons. The first-order valence-electron chi connectivity index (χ1n) is 7.87. The lowest BCUT2D eigenvalue weighted by molar-refractivity contribution is -0.139. The quantitative estimate of drug-likeness (QED) is 0.366. The van der Waals surface area contributed by atoms with E-state index in [0.717, 1.165) is 12.1 Å². The zero-order valence-corrected chi connectivity index (χ0v) is 14.5. The number of methoxy groups -OCH3 is 1. The van der Waals surface area contributed by atoms with Gasteiger partial charge in [0.1, 0.15) is 0 Å². The Morgan fingerprint density at radius 1 is 1.10 bits per heavy atom. The Morgan fingerprint density at radius 3 is 2.24 bits per heavy atom. The van der Waals surface area contributed by atoms with Gasteiger partial charge < -0.3 is 4.74 Å². The predicted molar refractivity (Wildman–Crippen MR) is 92.0 cm³/mol. The number of hydrogen-bond donors (Lipinski definition) is 0. The molecule has 0 amide bonds. The summed E-state index contributed by atoms with van der Waals surface area (Å²) in [6.45, 7) is 0. The van der Waals surface area contributed by atoms with Gasteiger partial charge in [-0.15, -0.1) is 0 Å². The van der Waals surface area contributed by atoms with Gasteiger partial charge in [-0.2, -0.15) is 0 Å². The molecule has 1 aliphatic heterocycles. The Morgan fingerprint density at radius 2 is 1.67 bits per heavy atom. The van der Waals surface area contributed by atoms with Crippen molar-refractivity contribution in [2.24, 2.45) is 4.99 Å². The Kier molecular flexibility index (Phi) is 10.1. The molecule has 1 aliphatic rings. The second-order valence-electron chi connectivity index (χ2n) is 5.30. The van der Waals surface area contributed by atoms with Crippen LogP contribution in [0.15, 0.2) is 28.2 Å². The SMILES string of the molecule is COC(=O)C1N=C1C=CCCCCCCCCCC=CBr.